The maximum Gasteiger partial charge on any atom is 0.347 e. The fourth-order valence-electron chi connectivity index (χ4n) is 2.86. The first kappa shape index (κ1) is 25.1. The highest BCUT2D eigenvalue weighted by Gasteiger charge is 2.37. The fraction of sp³-hybridized carbons (Fsp3) is 0.500. The van der Waals surface area contributed by atoms with Crippen LogP contribution in [0.25, 0.3) is 22.6 Å². The molecule has 3 aromatic rings. The molecule has 3 rings (SSSR count). The molecule has 0 saturated carbocycles. The number of nitrogens with zero attached hydrogens (tertiary/aromatic N) is 4. The smallest absolute Gasteiger partial charge is 0.347 e. The van der Waals surface area contributed by atoms with Crippen molar-refractivity contribution in [2.24, 2.45) is 0 Å². The van der Waals surface area contributed by atoms with Gasteiger partial charge in [-0.3, -0.25) is 10.1 Å². The molecule has 0 aliphatic carbocycles. The molecule has 0 aromatic carbocycles. The monoisotopic (exact) mass is 491 g/mol. The molecule has 1 N–H and O–H groups in total. The number of aromatic nitrogens is 5. The third-order valence-corrected chi connectivity index (χ3v) is 10.7. The van der Waals surface area contributed by atoms with E-state index in [9.17, 15) is 4.79 Å². The van der Waals surface area contributed by atoms with Crippen molar-refractivity contribution in [3.8, 4) is 17.4 Å². The SMILES string of the molecule is COC(=O)[C@H](CCCO[Si](C)(C)C(C)(C)C)Oc1nc(-c2ncccc2Cl)nc2[nH]ncc12. The van der Waals surface area contributed by atoms with E-state index in [4.69, 9.17) is 25.5 Å². The zero-order chi connectivity index (χ0) is 24.2. The fourth-order valence-corrected chi connectivity index (χ4v) is 4.15. The second-order valence-electron chi connectivity index (χ2n) is 9.20. The van der Waals surface area contributed by atoms with Crippen LogP contribution in [0.15, 0.2) is 24.5 Å². The number of carbonyl (C=O) groups excluding carboxylic acids is 1. The molecule has 33 heavy (non-hydrogen) atoms. The van der Waals surface area contributed by atoms with Gasteiger partial charge in [0.1, 0.15) is 11.1 Å². The van der Waals surface area contributed by atoms with E-state index in [-0.39, 0.29) is 16.7 Å². The van der Waals surface area contributed by atoms with Gasteiger partial charge in [-0.1, -0.05) is 32.4 Å². The quantitative estimate of drug-likeness (QED) is 0.258. The van der Waals surface area contributed by atoms with Gasteiger partial charge in [-0.05, 0) is 43.1 Å². The maximum absolute atomic E-state index is 12.5. The minimum Gasteiger partial charge on any atom is -0.466 e. The first-order valence-corrected chi connectivity index (χ1v) is 14.0. The molecule has 0 amide bonds. The number of nitrogens with one attached hydrogen (secondary N) is 1. The standard InChI is InChI=1S/C22H30ClN5O4Si/c1-22(2,3)33(5,6)31-12-8-10-16(21(29)30-4)32-20-14-13-25-28-18(14)26-19(27-20)17-15(23)9-7-11-24-17/h7,9,11,13,16H,8,10,12H2,1-6H3,(H,25,26,27,28)/t16-/m0/s1. The normalized spacial score (nSPS) is 13.2. The average Bonchev–Trinajstić information content (AvgIpc) is 3.23. The molecule has 0 unspecified atom stereocenters. The number of ether oxygens (including phenoxy) is 2. The lowest BCUT2D eigenvalue weighted by Crippen LogP contribution is -2.41. The Kier molecular flexibility index (Phi) is 7.71. The molecule has 178 valence electrons. The summed E-state index contributed by atoms with van der Waals surface area (Å²) in [5.41, 5.74) is 0.847. The topological polar surface area (TPSA) is 112 Å². The molecule has 11 heteroatoms. The van der Waals surface area contributed by atoms with Gasteiger partial charge in [0.25, 0.3) is 0 Å². The number of H-pyrrole nitrogens is 1. The highest BCUT2D eigenvalue weighted by molar-refractivity contribution is 6.74. The number of pyridine rings is 1. The van der Waals surface area contributed by atoms with Gasteiger partial charge in [-0.15, -0.1) is 0 Å². The zero-order valence-corrected chi connectivity index (χ0v) is 21.6. The second-order valence-corrected chi connectivity index (χ2v) is 14.4. The number of fused-ring (bicyclic) bond motifs is 1. The summed E-state index contributed by atoms with van der Waals surface area (Å²) in [5.74, 6) is -0.0292. The van der Waals surface area contributed by atoms with Crippen molar-refractivity contribution in [2.45, 2.75) is 57.8 Å². The summed E-state index contributed by atoms with van der Waals surface area (Å²) in [4.78, 5) is 25.7. The third kappa shape index (κ3) is 5.87. The van der Waals surface area contributed by atoms with Crippen molar-refractivity contribution >= 4 is 36.9 Å². The summed E-state index contributed by atoms with van der Waals surface area (Å²) in [6.45, 7) is 11.5. The lowest BCUT2D eigenvalue weighted by Gasteiger charge is -2.36. The van der Waals surface area contributed by atoms with Crippen LogP contribution in [0.5, 0.6) is 5.88 Å². The second kappa shape index (κ2) is 10.1. The van der Waals surface area contributed by atoms with Crippen LogP contribution in [0, 0.1) is 0 Å². The van der Waals surface area contributed by atoms with E-state index in [0.717, 1.165) is 0 Å². The lowest BCUT2D eigenvalue weighted by molar-refractivity contribution is -0.149. The van der Waals surface area contributed by atoms with E-state index < -0.39 is 20.4 Å². The molecule has 3 aromatic heterocycles. The van der Waals surface area contributed by atoms with Crippen LogP contribution >= 0.6 is 11.6 Å². The van der Waals surface area contributed by atoms with Gasteiger partial charge >= 0.3 is 5.97 Å². The Bertz CT molecular complexity index is 1120. The van der Waals surface area contributed by atoms with Gasteiger partial charge in [0.05, 0.1) is 18.3 Å². The minimum absolute atomic E-state index is 0.113. The van der Waals surface area contributed by atoms with E-state index in [0.29, 0.717) is 41.2 Å². The first-order valence-electron chi connectivity index (χ1n) is 10.7. The van der Waals surface area contributed by atoms with Crippen LogP contribution < -0.4 is 4.74 Å². The molecule has 0 radical (unpaired) electrons. The Hall–Kier alpha value is -2.56. The number of halogens is 1. The number of methoxy groups -OCH3 is 1. The number of hydrogen-bond donors (Lipinski definition) is 1. The number of hydrogen-bond acceptors (Lipinski definition) is 8. The van der Waals surface area contributed by atoms with Gasteiger partial charge in [0, 0.05) is 12.8 Å². The number of rotatable bonds is 9. The van der Waals surface area contributed by atoms with Gasteiger partial charge in [-0.25, -0.2) is 9.78 Å². The molecule has 0 aliphatic rings. The average molecular weight is 492 g/mol. The van der Waals surface area contributed by atoms with Crippen molar-refractivity contribution < 1.29 is 18.7 Å². The number of aromatic amines is 1. The molecule has 0 aliphatic heterocycles. The van der Waals surface area contributed by atoms with Crippen molar-refractivity contribution in [1.82, 2.24) is 25.1 Å². The van der Waals surface area contributed by atoms with E-state index >= 15 is 0 Å². The van der Waals surface area contributed by atoms with Gasteiger partial charge < -0.3 is 13.9 Å². The van der Waals surface area contributed by atoms with Crippen molar-refractivity contribution in [2.75, 3.05) is 13.7 Å². The molecular formula is C22H30ClN5O4Si. The maximum atomic E-state index is 12.5. The van der Waals surface area contributed by atoms with E-state index in [2.05, 4.69) is 59.0 Å². The Labute approximate surface area is 199 Å². The van der Waals surface area contributed by atoms with E-state index in [1.54, 1.807) is 24.5 Å². The zero-order valence-electron chi connectivity index (χ0n) is 19.8. The third-order valence-electron chi connectivity index (χ3n) is 5.84. The van der Waals surface area contributed by atoms with E-state index in [1.165, 1.54) is 7.11 Å². The van der Waals surface area contributed by atoms with Gasteiger partial charge in [0.15, 0.2) is 25.9 Å². The highest BCUT2D eigenvalue weighted by atomic mass is 35.5. The van der Waals surface area contributed by atoms with Crippen LogP contribution in [0.4, 0.5) is 0 Å². The van der Waals surface area contributed by atoms with Crippen molar-refractivity contribution in [1.29, 1.82) is 0 Å². The predicted octanol–water partition coefficient (Wildman–Crippen LogP) is 4.79. The van der Waals surface area contributed by atoms with Crippen molar-refractivity contribution in [3.63, 3.8) is 0 Å². The summed E-state index contributed by atoms with van der Waals surface area (Å²) in [5, 5.41) is 7.88. The molecular weight excluding hydrogens is 462 g/mol. The van der Waals surface area contributed by atoms with Crippen LogP contribution in [0.3, 0.4) is 0 Å². The molecule has 0 fully saturated rings. The number of esters is 1. The Balaban J connectivity index is 1.80. The van der Waals surface area contributed by atoms with Crippen molar-refractivity contribution in [3.05, 3.63) is 29.5 Å². The summed E-state index contributed by atoms with van der Waals surface area (Å²) in [6.07, 6.45) is 3.32. The largest absolute Gasteiger partial charge is 0.466 e. The summed E-state index contributed by atoms with van der Waals surface area (Å²) in [7, 11) is -0.543. The Morgan fingerprint density at radius 3 is 2.70 bits per heavy atom. The van der Waals surface area contributed by atoms with Crippen LogP contribution in [0.1, 0.15) is 33.6 Å². The summed E-state index contributed by atoms with van der Waals surface area (Å²) < 4.78 is 17.2. The molecule has 0 bridgehead atoms. The number of carbonyl (C=O) groups is 1. The Morgan fingerprint density at radius 2 is 2.03 bits per heavy atom. The lowest BCUT2D eigenvalue weighted by atomic mass is 10.2. The highest BCUT2D eigenvalue weighted by Crippen LogP contribution is 2.36. The summed E-state index contributed by atoms with van der Waals surface area (Å²) in [6, 6.07) is 3.42. The Morgan fingerprint density at radius 1 is 1.27 bits per heavy atom. The van der Waals surface area contributed by atoms with Crippen LogP contribution in [0.2, 0.25) is 23.2 Å². The molecule has 0 spiro atoms. The van der Waals surface area contributed by atoms with E-state index in [1.807, 2.05) is 0 Å². The van der Waals surface area contributed by atoms with Gasteiger partial charge in [-0.2, -0.15) is 10.1 Å². The first-order chi connectivity index (χ1) is 15.5. The molecule has 3 heterocycles. The van der Waals surface area contributed by atoms with Gasteiger partial charge in [0.2, 0.25) is 5.88 Å². The van der Waals surface area contributed by atoms with Crippen LogP contribution in [-0.4, -0.2) is 59.3 Å². The molecule has 0 saturated heterocycles. The minimum atomic E-state index is -1.87. The molecule has 9 nitrogen and oxygen atoms in total. The van der Waals surface area contributed by atoms with Crippen LogP contribution in [-0.2, 0) is 14.0 Å². The summed E-state index contributed by atoms with van der Waals surface area (Å²) >= 11 is 6.27. The predicted molar refractivity (Wildman–Crippen MR) is 129 cm³/mol. The molecule has 1 atom stereocenters.